The number of halogens is 2. The number of nitro benzene ring substituents is 1. The number of nitrogens with one attached hydrogen (secondary N) is 1. The van der Waals surface area contributed by atoms with Gasteiger partial charge in [-0.25, -0.2) is 9.93 Å². The van der Waals surface area contributed by atoms with Gasteiger partial charge < -0.3 is 0 Å². The van der Waals surface area contributed by atoms with Gasteiger partial charge in [0.15, 0.2) is 0 Å². The van der Waals surface area contributed by atoms with Gasteiger partial charge in [-0.2, -0.15) is 0 Å². The number of hydrogen-bond donors (Lipinski definition) is 1. The molecule has 0 saturated carbocycles. The first-order chi connectivity index (χ1) is 5.65. The molecule has 0 aliphatic carbocycles. The molecular weight excluding hydrogens is 170 g/mol. The highest BCUT2D eigenvalue weighted by Gasteiger charge is 2.13. The van der Waals surface area contributed by atoms with Crippen molar-refractivity contribution in [2.45, 2.75) is 0 Å². The van der Waals surface area contributed by atoms with Crippen LogP contribution in [0.5, 0.6) is 0 Å². The summed E-state index contributed by atoms with van der Waals surface area (Å²) >= 11 is 0. The van der Waals surface area contributed by atoms with E-state index in [9.17, 15) is 19.0 Å². The van der Waals surface area contributed by atoms with E-state index in [1.54, 1.807) is 0 Å². The highest BCUT2D eigenvalue weighted by molar-refractivity contribution is 5.59. The molecule has 0 spiro atoms. The molecule has 0 amide bonds. The predicted molar refractivity (Wildman–Crippen MR) is 37.8 cm³/mol. The molecular formula is C6H4F2N2O2. The molecule has 0 radical (unpaired) electrons. The Morgan fingerprint density at radius 3 is 2.67 bits per heavy atom. The fraction of sp³-hybridized carbons (Fsp3) is 0. The molecule has 4 nitrogen and oxygen atoms in total. The molecule has 0 aromatic heterocycles. The average molecular weight is 174 g/mol. The second-order valence-corrected chi connectivity index (χ2v) is 2.01. The van der Waals surface area contributed by atoms with Crippen LogP contribution in [0.25, 0.3) is 0 Å². The van der Waals surface area contributed by atoms with E-state index >= 15 is 0 Å². The Labute approximate surface area is 65.9 Å². The molecule has 1 aromatic rings. The lowest BCUT2D eigenvalue weighted by Gasteiger charge is -1.97. The number of anilines is 1. The maximum atomic E-state index is 12.4. The summed E-state index contributed by atoms with van der Waals surface area (Å²) in [5.74, 6) is -0.777. The van der Waals surface area contributed by atoms with Crippen LogP contribution < -0.4 is 5.54 Å². The monoisotopic (exact) mass is 174 g/mol. The molecule has 0 heterocycles. The van der Waals surface area contributed by atoms with Crippen molar-refractivity contribution >= 4 is 11.4 Å². The predicted octanol–water partition coefficient (Wildman–Crippen LogP) is 2.03. The van der Waals surface area contributed by atoms with Gasteiger partial charge in [0.2, 0.25) is 0 Å². The molecule has 12 heavy (non-hydrogen) atoms. The van der Waals surface area contributed by atoms with E-state index in [4.69, 9.17) is 0 Å². The average Bonchev–Trinajstić information content (AvgIpc) is 2.04. The van der Waals surface area contributed by atoms with Gasteiger partial charge in [-0.1, -0.05) is 0 Å². The fourth-order valence-electron chi connectivity index (χ4n) is 0.736. The smallest absolute Gasteiger partial charge is 0.258 e. The van der Waals surface area contributed by atoms with Gasteiger partial charge in [-0.3, -0.25) is 10.1 Å². The molecule has 0 aliphatic heterocycles. The van der Waals surface area contributed by atoms with Crippen LogP contribution in [0, 0.1) is 15.9 Å². The minimum Gasteiger partial charge on any atom is -0.258 e. The standard InChI is InChI=1S/C6H4F2N2O2/c7-4-1-2-5(9-8)6(3-4)10(11)12/h1-3,9H. The second-order valence-electron chi connectivity index (χ2n) is 2.01. The summed E-state index contributed by atoms with van der Waals surface area (Å²) < 4.78 is 24.2. The van der Waals surface area contributed by atoms with E-state index in [1.807, 2.05) is 0 Å². The summed E-state index contributed by atoms with van der Waals surface area (Å²) in [4.78, 5) is 9.30. The Morgan fingerprint density at radius 1 is 1.50 bits per heavy atom. The summed E-state index contributed by atoms with van der Waals surface area (Å²) in [6.07, 6.45) is 0. The van der Waals surface area contributed by atoms with Crippen molar-refractivity contribution in [1.29, 1.82) is 0 Å². The first-order valence-electron chi connectivity index (χ1n) is 2.95. The van der Waals surface area contributed by atoms with Gasteiger partial charge in [0.1, 0.15) is 11.5 Å². The summed E-state index contributed by atoms with van der Waals surface area (Å²) in [6, 6.07) is 2.52. The maximum Gasteiger partial charge on any atom is 0.297 e. The number of nitro groups is 1. The highest BCUT2D eigenvalue weighted by atomic mass is 19.2. The Hall–Kier alpha value is -1.72. The number of rotatable bonds is 2. The second kappa shape index (κ2) is 3.12. The summed E-state index contributed by atoms with van der Waals surface area (Å²) in [7, 11) is 0. The third-order valence-electron chi connectivity index (χ3n) is 1.26. The topological polar surface area (TPSA) is 55.2 Å². The van der Waals surface area contributed by atoms with Crippen LogP contribution in [-0.4, -0.2) is 4.92 Å². The molecule has 0 atom stereocenters. The van der Waals surface area contributed by atoms with E-state index in [-0.39, 0.29) is 5.69 Å². The van der Waals surface area contributed by atoms with E-state index in [0.717, 1.165) is 17.7 Å². The SMILES string of the molecule is O=[N+]([O-])c1cc(F)ccc1NF. The van der Waals surface area contributed by atoms with Crippen LogP contribution in [-0.2, 0) is 0 Å². The van der Waals surface area contributed by atoms with Crippen molar-refractivity contribution in [2.75, 3.05) is 5.54 Å². The van der Waals surface area contributed by atoms with Gasteiger partial charge in [0.25, 0.3) is 5.69 Å². The molecule has 0 aliphatic rings. The molecule has 1 aromatic carbocycles. The molecule has 6 heteroatoms. The summed E-state index contributed by atoms with van der Waals surface area (Å²) in [6.45, 7) is 0. The van der Waals surface area contributed by atoms with Crippen LogP contribution in [0.4, 0.5) is 20.2 Å². The van der Waals surface area contributed by atoms with Gasteiger partial charge in [-0.05, 0) is 12.1 Å². The largest absolute Gasteiger partial charge is 0.297 e. The van der Waals surface area contributed by atoms with Gasteiger partial charge >= 0.3 is 0 Å². The van der Waals surface area contributed by atoms with Crippen LogP contribution in [0.1, 0.15) is 0 Å². The van der Waals surface area contributed by atoms with E-state index in [1.165, 1.54) is 0 Å². The number of nitrogens with zero attached hydrogens (tertiary/aromatic N) is 1. The summed E-state index contributed by atoms with van der Waals surface area (Å²) in [5.41, 5.74) is 0.109. The lowest BCUT2D eigenvalue weighted by atomic mass is 10.3. The van der Waals surface area contributed by atoms with Crippen LogP contribution in [0.2, 0.25) is 0 Å². The minimum absolute atomic E-state index is 0.360. The maximum absolute atomic E-state index is 12.4. The highest BCUT2D eigenvalue weighted by Crippen LogP contribution is 2.24. The van der Waals surface area contributed by atoms with E-state index in [0.29, 0.717) is 6.07 Å². The third kappa shape index (κ3) is 1.47. The molecule has 0 unspecified atom stereocenters. The van der Waals surface area contributed by atoms with Crippen molar-refractivity contribution in [3.63, 3.8) is 0 Å². The Morgan fingerprint density at radius 2 is 2.17 bits per heavy atom. The third-order valence-corrected chi connectivity index (χ3v) is 1.26. The zero-order valence-corrected chi connectivity index (χ0v) is 5.75. The first-order valence-corrected chi connectivity index (χ1v) is 2.95. The molecule has 1 rings (SSSR count). The fourth-order valence-corrected chi connectivity index (χ4v) is 0.736. The van der Waals surface area contributed by atoms with Gasteiger partial charge in [0, 0.05) is 0 Å². The zero-order valence-electron chi connectivity index (χ0n) is 5.75. The van der Waals surface area contributed by atoms with Crippen LogP contribution in [0.3, 0.4) is 0 Å². The molecule has 0 saturated heterocycles. The first kappa shape index (κ1) is 8.38. The van der Waals surface area contributed by atoms with Crippen molar-refractivity contribution in [1.82, 2.24) is 0 Å². The minimum atomic E-state index is -0.870. The van der Waals surface area contributed by atoms with E-state index in [2.05, 4.69) is 0 Å². The van der Waals surface area contributed by atoms with Crippen molar-refractivity contribution < 1.29 is 13.8 Å². The molecule has 0 fully saturated rings. The lowest BCUT2D eigenvalue weighted by Crippen LogP contribution is -1.94. The lowest BCUT2D eigenvalue weighted by molar-refractivity contribution is -0.384. The van der Waals surface area contributed by atoms with Crippen LogP contribution in [0.15, 0.2) is 18.2 Å². The molecule has 64 valence electrons. The normalized spacial score (nSPS) is 9.50. The number of benzene rings is 1. The van der Waals surface area contributed by atoms with Crippen molar-refractivity contribution in [3.8, 4) is 0 Å². The molecule has 0 bridgehead atoms. The van der Waals surface area contributed by atoms with Crippen LogP contribution >= 0.6 is 0 Å². The Bertz CT molecular complexity index is 316. The molecule has 1 N–H and O–H groups in total. The van der Waals surface area contributed by atoms with Gasteiger partial charge in [-0.15, -0.1) is 4.48 Å². The van der Waals surface area contributed by atoms with Crippen molar-refractivity contribution in [3.05, 3.63) is 34.1 Å². The van der Waals surface area contributed by atoms with Crippen molar-refractivity contribution in [2.24, 2.45) is 0 Å². The Balaban J connectivity index is 3.21. The summed E-state index contributed by atoms with van der Waals surface area (Å²) in [5, 5.41) is 10.2. The van der Waals surface area contributed by atoms with E-state index < -0.39 is 16.4 Å². The zero-order chi connectivity index (χ0) is 9.14. The quantitative estimate of drug-likeness (QED) is 0.424. The number of hydrogen-bond acceptors (Lipinski definition) is 3. The Kier molecular flexibility index (Phi) is 2.18. The van der Waals surface area contributed by atoms with Gasteiger partial charge in [0.05, 0.1) is 11.0 Å².